The zero-order valence-corrected chi connectivity index (χ0v) is 15.5. The lowest BCUT2D eigenvalue weighted by molar-refractivity contribution is -0.137. The molecule has 0 unspecified atom stereocenters. The van der Waals surface area contributed by atoms with Gasteiger partial charge in [-0.25, -0.2) is 9.78 Å². The van der Waals surface area contributed by atoms with E-state index in [2.05, 4.69) is 20.6 Å². The molecule has 0 spiro atoms. The van der Waals surface area contributed by atoms with Crippen LogP contribution in [0.3, 0.4) is 0 Å². The van der Waals surface area contributed by atoms with Crippen LogP contribution in [-0.4, -0.2) is 22.5 Å². The molecule has 0 atom stereocenters. The van der Waals surface area contributed by atoms with Crippen LogP contribution in [0.15, 0.2) is 54.2 Å². The van der Waals surface area contributed by atoms with Crippen LogP contribution in [0.25, 0.3) is 11.3 Å². The lowest BCUT2D eigenvalue weighted by Crippen LogP contribution is -2.29. The monoisotopic (exact) mass is 406 g/mol. The zero-order valence-electron chi connectivity index (χ0n) is 14.7. The highest BCUT2D eigenvalue weighted by Crippen LogP contribution is 2.29. The molecule has 2 N–H and O–H groups in total. The van der Waals surface area contributed by atoms with Crippen molar-refractivity contribution in [2.75, 3.05) is 11.9 Å². The van der Waals surface area contributed by atoms with Crippen molar-refractivity contribution in [3.05, 3.63) is 64.7 Å². The average molecular weight is 406 g/mol. The summed E-state index contributed by atoms with van der Waals surface area (Å²) in [5.74, 6) is 0. The number of nitrogens with zero attached hydrogens (tertiary/aromatic N) is 2. The number of aromatic nitrogens is 2. The second-order valence-electron chi connectivity index (χ2n) is 5.92. The topological polar surface area (TPSA) is 66.9 Å². The summed E-state index contributed by atoms with van der Waals surface area (Å²) in [6, 6.07) is 7.63. The van der Waals surface area contributed by atoms with Gasteiger partial charge in [0.2, 0.25) is 0 Å². The first kappa shape index (κ1) is 19.8. The number of alkyl halides is 3. The van der Waals surface area contributed by atoms with E-state index < -0.39 is 17.8 Å². The van der Waals surface area contributed by atoms with Gasteiger partial charge in [0.05, 0.1) is 16.3 Å². The zero-order chi connectivity index (χ0) is 20.0. The molecule has 0 fully saturated rings. The molecule has 1 aromatic carbocycles. The number of hydrogen-bond donors (Lipinski definition) is 2. The van der Waals surface area contributed by atoms with Crippen molar-refractivity contribution in [3.8, 4) is 11.3 Å². The highest BCUT2D eigenvalue weighted by molar-refractivity contribution is 7.09. The van der Waals surface area contributed by atoms with E-state index in [1.165, 1.54) is 12.1 Å². The number of nitrogens with one attached hydrogen (secondary N) is 2. The number of carbonyl (C=O) groups excluding carboxylic acids is 1. The van der Waals surface area contributed by atoms with Crippen molar-refractivity contribution in [1.29, 1.82) is 0 Å². The molecular formula is C19H17F3N4OS. The minimum absolute atomic E-state index is 0.299. The Hall–Kier alpha value is -2.94. The summed E-state index contributed by atoms with van der Waals surface area (Å²) >= 11 is 1.56. The van der Waals surface area contributed by atoms with Gasteiger partial charge >= 0.3 is 12.2 Å². The average Bonchev–Trinajstić information content (AvgIpc) is 3.15. The van der Waals surface area contributed by atoms with Crippen molar-refractivity contribution >= 4 is 23.1 Å². The first-order valence-electron chi connectivity index (χ1n) is 8.49. The summed E-state index contributed by atoms with van der Waals surface area (Å²) in [5.41, 5.74) is 1.45. The van der Waals surface area contributed by atoms with Crippen molar-refractivity contribution in [2.45, 2.75) is 19.0 Å². The molecular weight excluding hydrogens is 389 g/mol. The molecule has 0 saturated carbocycles. The number of pyridine rings is 1. The molecule has 0 bridgehead atoms. The molecule has 0 aliphatic carbocycles. The van der Waals surface area contributed by atoms with Crippen LogP contribution >= 0.6 is 11.3 Å². The fourth-order valence-electron chi connectivity index (χ4n) is 2.44. The highest BCUT2D eigenvalue weighted by Gasteiger charge is 2.29. The quantitative estimate of drug-likeness (QED) is 0.568. The van der Waals surface area contributed by atoms with Gasteiger partial charge in [0.15, 0.2) is 0 Å². The van der Waals surface area contributed by atoms with Gasteiger partial charge in [0.1, 0.15) is 0 Å². The molecule has 146 valence electrons. The first-order chi connectivity index (χ1) is 13.4. The highest BCUT2D eigenvalue weighted by atomic mass is 32.1. The van der Waals surface area contributed by atoms with Gasteiger partial charge < -0.3 is 10.6 Å². The smallest absolute Gasteiger partial charge is 0.338 e. The van der Waals surface area contributed by atoms with Crippen molar-refractivity contribution in [1.82, 2.24) is 15.3 Å². The fourth-order valence-corrected chi connectivity index (χ4v) is 3.29. The van der Waals surface area contributed by atoms with Gasteiger partial charge in [-0.15, -0.1) is 11.3 Å². The maximum atomic E-state index is 12.5. The Kier molecular flexibility index (Phi) is 6.25. The third-order valence-electron chi connectivity index (χ3n) is 3.85. The summed E-state index contributed by atoms with van der Waals surface area (Å²) in [4.78, 5) is 20.4. The van der Waals surface area contributed by atoms with Crippen LogP contribution in [0.4, 0.5) is 23.7 Å². The molecule has 2 heterocycles. The minimum Gasteiger partial charge on any atom is -0.338 e. The molecule has 5 nitrogen and oxygen atoms in total. The molecule has 9 heteroatoms. The van der Waals surface area contributed by atoms with E-state index in [-0.39, 0.29) is 0 Å². The Morgan fingerprint density at radius 1 is 1.07 bits per heavy atom. The molecule has 2 amide bonds. The van der Waals surface area contributed by atoms with Gasteiger partial charge in [-0.2, -0.15) is 13.2 Å². The standard InChI is InChI=1S/C19H17F3N4OS/c20-19(21,22)14-3-5-15(6-4-14)25-18(27)24-9-1-2-17-26-16(12-28-17)13-7-10-23-11-8-13/h3-8,10-12H,1-2,9H2,(H2,24,25,27). The number of urea groups is 1. The van der Waals surface area contributed by atoms with Crippen LogP contribution in [0, 0.1) is 0 Å². The maximum absolute atomic E-state index is 12.5. The van der Waals surface area contributed by atoms with E-state index in [0.717, 1.165) is 34.8 Å². The maximum Gasteiger partial charge on any atom is 0.416 e. The number of amides is 2. The molecule has 0 aliphatic rings. The molecule has 0 saturated heterocycles. The number of carbonyl (C=O) groups is 1. The number of thiazole rings is 1. The molecule has 3 rings (SSSR count). The number of hydrogen-bond acceptors (Lipinski definition) is 4. The third kappa shape index (κ3) is 5.53. The third-order valence-corrected chi connectivity index (χ3v) is 4.76. The molecule has 0 aliphatic heterocycles. The predicted molar refractivity (Wildman–Crippen MR) is 102 cm³/mol. The van der Waals surface area contributed by atoms with Crippen LogP contribution < -0.4 is 10.6 Å². The van der Waals surface area contributed by atoms with Crippen molar-refractivity contribution < 1.29 is 18.0 Å². The lowest BCUT2D eigenvalue weighted by atomic mass is 10.2. The van der Waals surface area contributed by atoms with Gasteiger partial charge in [-0.3, -0.25) is 4.98 Å². The number of rotatable bonds is 6. The lowest BCUT2D eigenvalue weighted by Gasteiger charge is -2.09. The van der Waals surface area contributed by atoms with Crippen molar-refractivity contribution in [2.24, 2.45) is 0 Å². The normalized spacial score (nSPS) is 11.2. The molecule has 3 aromatic rings. The largest absolute Gasteiger partial charge is 0.416 e. The van der Waals surface area contributed by atoms with Gasteiger partial charge in [0.25, 0.3) is 0 Å². The van der Waals surface area contributed by atoms with Gasteiger partial charge in [0, 0.05) is 42.0 Å². The first-order valence-corrected chi connectivity index (χ1v) is 9.37. The van der Waals surface area contributed by atoms with Crippen LogP contribution in [0.1, 0.15) is 17.0 Å². The summed E-state index contributed by atoms with van der Waals surface area (Å²) in [6.07, 6.45) is 0.453. The fraction of sp³-hybridized carbons (Fsp3) is 0.211. The number of aryl methyl sites for hydroxylation is 1. The molecule has 0 radical (unpaired) electrons. The summed E-state index contributed by atoms with van der Waals surface area (Å²) in [7, 11) is 0. The number of halogens is 3. The Morgan fingerprint density at radius 3 is 2.46 bits per heavy atom. The summed E-state index contributed by atoms with van der Waals surface area (Å²) in [6.45, 7) is 0.427. The van der Waals surface area contributed by atoms with Crippen LogP contribution in [0.5, 0.6) is 0 Å². The Morgan fingerprint density at radius 2 is 1.79 bits per heavy atom. The number of benzene rings is 1. The SMILES string of the molecule is O=C(NCCCc1nc(-c2ccncc2)cs1)Nc1ccc(C(F)(F)F)cc1. The minimum atomic E-state index is -4.39. The van der Waals surface area contributed by atoms with E-state index in [1.807, 2.05) is 17.5 Å². The van der Waals surface area contributed by atoms with Crippen LogP contribution in [0.2, 0.25) is 0 Å². The molecule has 2 aromatic heterocycles. The van der Waals surface area contributed by atoms with E-state index >= 15 is 0 Å². The number of anilines is 1. The second-order valence-corrected chi connectivity index (χ2v) is 6.86. The van der Waals surface area contributed by atoms with Crippen LogP contribution in [-0.2, 0) is 12.6 Å². The second kappa shape index (κ2) is 8.83. The van der Waals surface area contributed by atoms with E-state index in [9.17, 15) is 18.0 Å². The van der Waals surface area contributed by atoms with Gasteiger partial charge in [-0.1, -0.05) is 0 Å². The van der Waals surface area contributed by atoms with Crippen molar-refractivity contribution in [3.63, 3.8) is 0 Å². The summed E-state index contributed by atoms with van der Waals surface area (Å²) in [5, 5.41) is 8.14. The summed E-state index contributed by atoms with van der Waals surface area (Å²) < 4.78 is 37.6. The van der Waals surface area contributed by atoms with E-state index in [0.29, 0.717) is 18.7 Å². The molecule has 28 heavy (non-hydrogen) atoms. The Labute approximate surface area is 163 Å². The van der Waals surface area contributed by atoms with E-state index in [4.69, 9.17) is 0 Å². The van der Waals surface area contributed by atoms with Gasteiger partial charge in [-0.05, 0) is 42.8 Å². The van der Waals surface area contributed by atoms with E-state index in [1.54, 1.807) is 23.7 Å². The predicted octanol–water partition coefficient (Wildman–Crippen LogP) is 4.98. The Bertz CT molecular complexity index is 911. The Balaban J connectivity index is 1.41.